The summed E-state index contributed by atoms with van der Waals surface area (Å²) < 4.78 is 5.03. The molecule has 2 aromatic carbocycles. The highest BCUT2D eigenvalue weighted by Crippen LogP contribution is 2.21. The number of hydrazine groups is 1. The number of nitrogens with one attached hydrogen (secondary N) is 2. The summed E-state index contributed by atoms with van der Waals surface area (Å²) in [5.74, 6) is -3.54. The Labute approximate surface area is 188 Å². The van der Waals surface area contributed by atoms with E-state index < -0.39 is 46.8 Å². The lowest BCUT2D eigenvalue weighted by Crippen LogP contribution is -2.43. The summed E-state index contributed by atoms with van der Waals surface area (Å²) in [5.41, 5.74) is 2.55. The summed E-state index contributed by atoms with van der Waals surface area (Å²) in [4.78, 5) is 59.4. The van der Waals surface area contributed by atoms with Gasteiger partial charge in [0.15, 0.2) is 6.61 Å². The predicted molar refractivity (Wildman–Crippen MR) is 114 cm³/mol. The van der Waals surface area contributed by atoms with Gasteiger partial charge in [-0.15, -0.1) is 0 Å². The van der Waals surface area contributed by atoms with Gasteiger partial charge in [-0.05, 0) is 18.6 Å². The van der Waals surface area contributed by atoms with Gasteiger partial charge in [-0.2, -0.15) is 0 Å². The van der Waals surface area contributed by atoms with Crippen molar-refractivity contribution >= 4 is 29.4 Å². The van der Waals surface area contributed by atoms with E-state index in [1.165, 1.54) is 24.3 Å². The van der Waals surface area contributed by atoms with Crippen LogP contribution in [0.4, 0.5) is 5.69 Å². The number of carbonyl (C=O) groups excluding carboxylic acids is 4. The van der Waals surface area contributed by atoms with Crippen molar-refractivity contribution in [1.82, 2.24) is 15.8 Å². The molecular formula is C22H22N4O7. The number of nitro groups is 1. The molecule has 172 valence electrons. The monoisotopic (exact) mass is 454 g/mol. The maximum atomic E-state index is 12.4. The van der Waals surface area contributed by atoms with E-state index in [2.05, 4.69) is 10.7 Å². The van der Waals surface area contributed by atoms with E-state index in [9.17, 15) is 29.3 Å². The van der Waals surface area contributed by atoms with Crippen LogP contribution in [0.15, 0.2) is 54.6 Å². The minimum absolute atomic E-state index is 0.175. The molecule has 2 N–H and O–H groups in total. The van der Waals surface area contributed by atoms with E-state index in [1.807, 2.05) is 30.3 Å². The number of ether oxygens (including phenoxy) is 1. The molecule has 0 aliphatic carbocycles. The first-order chi connectivity index (χ1) is 15.8. The molecule has 3 rings (SSSR count). The molecule has 0 saturated carbocycles. The minimum atomic E-state index is -0.886. The lowest BCUT2D eigenvalue weighted by molar-refractivity contribution is -0.385. The van der Waals surface area contributed by atoms with Crippen LogP contribution in [0.5, 0.6) is 0 Å². The second kappa shape index (κ2) is 10.4. The molecule has 1 saturated heterocycles. The molecule has 1 aliphatic heterocycles. The van der Waals surface area contributed by atoms with Crippen molar-refractivity contribution in [1.29, 1.82) is 0 Å². The third-order valence-corrected chi connectivity index (χ3v) is 5.06. The molecule has 33 heavy (non-hydrogen) atoms. The average Bonchev–Trinajstić information content (AvgIpc) is 3.18. The standard InChI is InChI=1S/C22H22N4O7/c1-14(15-7-3-2-4-8-15)23-19(27)13-33-22(30)16-11-20(28)25(12-16)24-21(29)17-9-5-6-10-18(17)26(31)32/h2-10,14,16H,11-13H2,1H3,(H,23,27)(H,24,29)/t14-,16-/m0/s1. The first kappa shape index (κ1) is 23.4. The van der Waals surface area contributed by atoms with E-state index >= 15 is 0 Å². The molecule has 1 fully saturated rings. The molecule has 1 aliphatic rings. The first-order valence-corrected chi connectivity index (χ1v) is 10.1. The Morgan fingerprint density at radius 1 is 1.15 bits per heavy atom. The topological polar surface area (TPSA) is 148 Å². The smallest absolute Gasteiger partial charge is 0.311 e. The lowest BCUT2D eigenvalue weighted by atomic mass is 10.1. The Balaban J connectivity index is 1.50. The van der Waals surface area contributed by atoms with Gasteiger partial charge in [0.05, 0.1) is 23.4 Å². The van der Waals surface area contributed by atoms with Gasteiger partial charge in [-0.25, -0.2) is 0 Å². The van der Waals surface area contributed by atoms with E-state index in [-0.39, 0.29) is 24.6 Å². The minimum Gasteiger partial charge on any atom is -0.455 e. The quantitative estimate of drug-likeness (QED) is 0.349. The Bertz CT molecular complexity index is 1070. The number of esters is 1. The first-order valence-electron chi connectivity index (χ1n) is 10.1. The highest BCUT2D eigenvalue weighted by atomic mass is 16.6. The fourth-order valence-corrected chi connectivity index (χ4v) is 3.34. The Hall–Kier alpha value is -4.28. The molecule has 11 nitrogen and oxygen atoms in total. The maximum absolute atomic E-state index is 12.4. The highest BCUT2D eigenvalue weighted by molar-refractivity contribution is 5.99. The van der Waals surface area contributed by atoms with Crippen LogP contribution < -0.4 is 10.7 Å². The predicted octanol–water partition coefficient (Wildman–Crippen LogP) is 1.51. The largest absolute Gasteiger partial charge is 0.455 e. The van der Waals surface area contributed by atoms with Crippen LogP contribution in [0.2, 0.25) is 0 Å². The fraction of sp³-hybridized carbons (Fsp3) is 0.273. The van der Waals surface area contributed by atoms with Crippen LogP contribution in [0, 0.1) is 16.0 Å². The van der Waals surface area contributed by atoms with Crippen molar-refractivity contribution in [3.63, 3.8) is 0 Å². The average molecular weight is 454 g/mol. The van der Waals surface area contributed by atoms with Crippen LogP contribution in [0.25, 0.3) is 0 Å². The number of carbonyl (C=O) groups is 4. The Morgan fingerprint density at radius 2 is 1.82 bits per heavy atom. The zero-order valence-corrected chi connectivity index (χ0v) is 17.7. The number of nitro benzene ring substituents is 1. The van der Waals surface area contributed by atoms with E-state index in [0.717, 1.165) is 10.6 Å². The summed E-state index contributed by atoms with van der Waals surface area (Å²) in [5, 5.41) is 14.7. The van der Waals surface area contributed by atoms with Crippen molar-refractivity contribution in [2.45, 2.75) is 19.4 Å². The number of para-hydroxylation sites is 1. The van der Waals surface area contributed by atoms with Gasteiger partial charge in [0.25, 0.3) is 17.5 Å². The SMILES string of the molecule is C[C@H](NC(=O)COC(=O)[C@H]1CC(=O)N(NC(=O)c2ccccc2[N+](=O)[O-])C1)c1ccccc1. The van der Waals surface area contributed by atoms with E-state index in [1.54, 1.807) is 6.92 Å². The number of benzene rings is 2. The summed E-state index contributed by atoms with van der Waals surface area (Å²) in [6, 6.07) is 14.3. The van der Waals surface area contributed by atoms with Gasteiger partial charge in [-0.1, -0.05) is 42.5 Å². The van der Waals surface area contributed by atoms with Crippen LogP contribution in [0.3, 0.4) is 0 Å². The van der Waals surface area contributed by atoms with Gasteiger partial charge in [0, 0.05) is 12.5 Å². The zero-order chi connectivity index (χ0) is 24.0. The summed E-state index contributed by atoms with van der Waals surface area (Å²) in [6.45, 7) is 1.11. The van der Waals surface area contributed by atoms with E-state index in [0.29, 0.717) is 0 Å². The van der Waals surface area contributed by atoms with Crippen LogP contribution in [0.1, 0.15) is 35.3 Å². The molecule has 0 radical (unpaired) electrons. The Morgan fingerprint density at radius 3 is 2.52 bits per heavy atom. The van der Waals surface area contributed by atoms with Crippen molar-refractivity contribution in [2.75, 3.05) is 13.2 Å². The van der Waals surface area contributed by atoms with Crippen LogP contribution in [-0.4, -0.2) is 46.8 Å². The summed E-state index contributed by atoms with van der Waals surface area (Å²) in [6.07, 6.45) is -0.224. The number of nitrogens with zero attached hydrogens (tertiary/aromatic N) is 2. The van der Waals surface area contributed by atoms with Crippen molar-refractivity contribution in [2.24, 2.45) is 5.92 Å². The van der Waals surface area contributed by atoms with Gasteiger partial charge < -0.3 is 10.1 Å². The highest BCUT2D eigenvalue weighted by Gasteiger charge is 2.37. The summed E-state index contributed by atoms with van der Waals surface area (Å²) >= 11 is 0. The van der Waals surface area contributed by atoms with Crippen LogP contribution >= 0.6 is 0 Å². The number of hydrogen-bond acceptors (Lipinski definition) is 7. The molecule has 2 atom stereocenters. The van der Waals surface area contributed by atoms with Gasteiger partial charge in [0.1, 0.15) is 5.56 Å². The van der Waals surface area contributed by atoms with Gasteiger partial charge >= 0.3 is 5.97 Å². The van der Waals surface area contributed by atoms with E-state index in [4.69, 9.17) is 4.74 Å². The van der Waals surface area contributed by atoms with Gasteiger partial charge in [0.2, 0.25) is 5.91 Å². The molecule has 0 aromatic heterocycles. The maximum Gasteiger partial charge on any atom is 0.311 e. The molecule has 0 bridgehead atoms. The molecule has 11 heteroatoms. The third-order valence-electron chi connectivity index (χ3n) is 5.06. The molecule has 0 unspecified atom stereocenters. The fourth-order valence-electron chi connectivity index (χ4n) is 3.34. The van der Waals surface area contributed by atoms with Crippen molar-refractivity contribution in [3.05, 3.63) is 75.8 Å². The Kier molecular flexibility index (Phi) is 7.34. The lowest BCUT2D eigenvalue weighted by Gasteiger charge is -2.18. The number of amides is 3. The zero-order valence-electron chi connectivity index (χ0n) is 17.7. The molecule has 2 aromatic rings. The van der Waals surface area contributed by atoms with Crippen molar-refractivity contribution < 1.29 is 28.8 Å². The van der Waals surface area contributed by atoms with Crippen LogP contribution in [-0.2, 0) is 19.1 Å². The second-order valence-corrected chi connectivity index (χ2v) is 7.43. The number of rotatable bonds is 8. The number of hydrogen-bond donors (Lipinski definition) is 2. The molecule has 0 spiro atoms. The molecular weight excluding hydrogens is 432 g/mol. The normalized spacial score (nSPS) is 16.1. The molecule has 3 amide bonds. The summed E-state index contributed by atoms with van der Waals surface area (Å²) in [7, 11) is 0. The third kappa shape index (κ3) is 5.91. The van der Waals surface area contributed by atoms with Gasteiger partial charge in [-0.3, -0.25) is 39.7 Å². The van der Waals surface area contributed by atoms with Crippen molar-refractivity contribution in [3.8, 4) is 0 Å². The molecule has 1 heterocycles. The second-order valence-electron chi connectivity index (χ2n) is 7.43.